The van der Waals surface area contributed by atoms with E-state index < -0.39 is 5.25 Å². The number of amides is 1. The summed E-state index contributed by atoms with van der Waals surface area (Å²) in [4.78, 5) is 12.5. The van der Waals surface area contributed by atoms with Crippen molar-refractivity contribution in [3.63, 3.8) is 0 Å². The first kappa shape index (κ1) is 18.9. The van der Waals surface area contributed by atoms with Gasteiger partial charge in [0.25, 0.3) is 0 Å². The highest BCUT2D eigenvalue weighted by Crippen LogP contribution is 2.26. The summed E-state index contributed by atoms with van der Waals surface area (Å²) in [6.45, 7) is 5.48. The first-order valence-corrected chi connectivity index (χ1v) is 9.10. The summed E-state index contributed by atoms with van der Waals surface area (Å²) in [6.07, 6.45) is 0. The summed E-state index contributed by atoms with van der Waals surface area (Å²) in [7, 11) is 1.82. The van der Waals surface area contributed by atoms with E-state index in [9.17, 15) is 9.18 Å². The molecular formula is C17H20FN7OS. The summed E-state index contributed by atoms with van der Waals surface area (Å²) in [5.74, 6) is 5.92. The average molecular weight is 389 g/mol. The van der Waals surface area contributed by atoms with Crippen LogP contribution in [0.5, 0.6) is 0 Å². The van der Waals surface area contributed by atoms with Crippen LogP contribution in [0.2, 0.25) is 0 Å². The van der Waals surface area contributed by atoms with Crippen molar-refractivity contribution in [3.8, 4) is 11.4 Å². The van der Waals surface area contributed by atoms with E-state index in [4.69, 9.17) is 5.84 Å². The van der Waals surface area contributed by atoms with Crippen LogP contribution in [-0.2, 0) is 11.8 Å². The fourth-order valence-electron chi connectivity index (χ4n) is 2.54. The van der Waals surface area contributed by atoms with Crippen LogP contribution in [0.15, 0.2) is 29.4 Å². The highest BCUT2D eigenvalue weighted by molar-refractivity contribution is 8.00. The molecule has 0 radical (unpaired) electrons. The molecule has 8 nitrogen and oxygen atoms in total. The smallest absolute Gasteiger partial charge is 0.237 e. The van der Waals surface area contributed by atoms with Gasteiger partial charge in [-0.15, -0.1) is 10.2 Å². The highest BCUT2D eigenvalue weighted by Gasteiger charge is 2.22. The van der Waals surface area contributed by atoms with Crippen molar-refractivity contribution in [1.82, 2.24) is 24.7 Å². The number of thioether (sulfide) groups is 1. The van der Waals surface area contributed by atoms with Gasteiger partial charge in [0.1, 0.15) is 5.82 Å². The molecule has 1 atom stereocenters. The van der Waals surface area contributed by atoms with Gasteiger partial charge in [0.05, 0.1) is 22.3 Å². The van der Waals surface area contributed by atoms with Gasteiger partial charge in [0.2, 0.25) is 11.1 Å². The number of halogens is 1. The van der Waals surface area contributed by atoms with Gasteiger partial charge >= 0.3 is 0 Å². The van der Waals surface area contributed by atoms with Crippen molar-refractivity contribution in [1.29, 1.82) is 0 Å². The minimum atomic E-state index is -0.462. The number of benzene rings is 1. The Hall–Kier alpha value is -2.88. The van der Waals surface area contributed by atoms with Crippen molar-refractivity contribution in [2.24, 2.45) is 7.05 Å². The molecular weight excluding hydrogens is 369 g/mol. The van der Waals surface area contributed by atoms with Crippen molar-refractivity contribution in [2.45, 2.75) is 31.2 Å². The second-order valence-corrected chi connectivity index (χ2v) is 7.41. The number of nitrogens with two attached hydrogens (primary N) is 1. The predicted molar refractivity (Wildman–Crippen MR) is 102 cm³/mol. The van der Waals surface area contributed by atoms with Crippen molar-refractivity contribution in [2.75, 3.05) is 11.2 Å². The molecule has 142 valence electrons. The molecule has 0 unspecified atom stereocenters. The molecule has 3 aromatic rings. The molecule has 10 heteroatoms. The third-order valence-corrected chi connectivity index (χ3v) is 5.23. The predicted octanol–water partition coefficient (Wildman–Crippen LogP) is 2.27. The lowest BCUT2D eigenvalue weighted by molar-refractivity contribution is -0.115. The molecule has 3 N–H and O–H groups in total. The molecule has 1 amide bonds. The normalized spacial score (nSPS) is 12.2. The number of rotatable bonds is 5. The number of carbonyl (C=O) groups is 1. The van der Waals surface area contributed by atoms with Gasteiger partial charge in [-0.05, 0) is 45.0 Å². The number of carbonyl (C=O) groups excluding carboxylic acids is 1. The Balaban J connectivity index is 1.73. The molecule has 0 saturated heterocycles. The molecule has 0 saturated carbocycles. The topological polar surface area (TPSA) is 104 Å². The summed E-state index contributed by atoms with van der Waals surface area (Å²) < 4.78 is 16.1. The number of hydrogen-bond donors (Lipinski definition) is 2. The molecule has 2 heterocycles. The molecule has 1 aromatic carbocycles. The lowest BCUT2D eigenvalue weighted by Gasteiger charge is -2.12. The highest BCUT2D eigenvalue weighted by atomic mass is 32.2. The minimum Gasteiger partial charge on any atom is -0.335 e. The van der Waals surface area contributed by atoms with Crippen LogP contribution < -0.4 is 11.2 Å². The van der Waals surface area contributed by atoms with Crippen LogP contribution in [0.1, 0.15) is 18.3 Å². The fraction of sp³-hybridized carbons (Fsp3) is 0.294. The summed E-state index contributed by atoms with van der Waals surface area (Å²) >= 11 is 1.19. The number of nitrogen functional groups attached to an aromatic ring is 1. The van der Waals surface area contributed by atoms with E-state index in [0.29, 0.717) is 22.2 Å². The van der Waals surface area contributed by atoms with E-state index in [1.807, 2.05) is 20.9 Å². The molecule has 0 spiro atoms. The third kappa shape index (κ3) is 3.80. The van der Waals surface area contributed by atoms with Gasteiger partial charge in [0, 0.05) is 12.6 Å². The molecule has 2 aromatic heterocycles. The van der Waals surface area contributed by atoms with Crippen LogP contribution in [0, 0.1) is 19.7 Å². The molecule has 0 aliphatic rings. The number of hydrogen-bond acceptors (Lipinski definition) is 6. The Morgan fingerprint density at radius 1 is 1.26 bits per heavy atom. The quantitative estimate of drug-likeness (QED) is 0.512. The largest absolute Gasteiger partial charge is 0.335 e. The number of nitrogens with one attached hydrogen (secondary N) is 1. The number of aromatic nitrogens is 5. The Labute approximate surface area is 159 Å². The van der Waals surface area contributed by atoms with Gasteiger partial charge in [-0.3, -0.25) is 9.48 Å². The molecule has 3 rings (SSSR count). The maximum Gasteiger partial charge on any atom is 0.237 e. The van der Waals surface area contributed by atoms with Crippen molar-refractivity contribution >= 4 is 23.4 Å². The second kappa shape index (κ2) is 7.39. The Kier molecular flexibility index (Phi) is 5.17. The summed E-state index contributed by atoms with van der Waals surface area (Å²) in [5, 5.41) is 15.2. The summed E-state index contributed by atoms with van der Waals surface area (Å²) in [5.41, 5.74) is 2.97. The van der Waals surface area contributed by atoms with E-state index in [1.54, 1.807) is 23.7 Å². The van der Waals surface area contributed by atoms with Gasteiger partial charge < -0.3 is 11.2 Å². The second-order valence-electron chi connectivity index (χ2n) is 6.10. The zero-order chi connectivity index (χ0) is 19.7. The van der Waals surface area contributed by atoms with E-state index >= 15 is 0 Å². The molecule has 27 heavy (non-hydrogen) atoms. The van der Waals surface area contributed by atoms with Crippen LogP contribution in [0.4, 0.5) is 10.1 Å². The SMILES string of the molecule is Cc1nn(C)c(C)c1NC(=O)[C@@H](C)Sc1nnc(-c2ccc(F)cc2)n1N. The maximum absolute atomic E-state index is 13.1. The zero-order valence-corrected chi connectivity index (χ0v) is 16.2. The van der Waals surface area contributed by atoms with Crippen LogP contribution >= 0.6 is 11.8 Å². The number of anilines is 1. The first-order chi connectivity index (χ1) is 12.8. The average Bonchev–Trinajstić information content (AvgIpc) is 3.10. The minimum absolute atomic E-state index is 0.189. The summed E-state index contributed by atoms with van der Waals surface area (Å²) in [6, 6.07) is 5.79. The van der Waals surface area contributed by atoms with E-state index in [-0.39, 0.29) is 11.7 Å². The monoisotopic (exact) mass is 389 g/mol. The Morgan fingerprint density at radius 3 is 2.52 bits per heavy atom. The molecule has 0 fully saturated rings. The van der Waals surface area contributed by atoms with Crippen molar-refractivity contribution in [3.05, 3.63) is 41.5 Å². The van der Waals surface area contributed by atoms with Crippen LogP contribution in [-0.4, -0.2) is 35.8 Å². The van der Waals surface area contributed by atoms with Gasteiger partial charge in [-0.25, -0.2) is 9.07 Å². The van der Waals surface area contributed by atoms with E-state index in [1.165, 1.54) is 28.6 Å². The fourth-order valence-corrected chi connectivity index (χ4v) is 3.31. The van der Waals surface area contributed by atoms with Gasteiger partial charge in [-0.2, -0.15) is 5.10 Å². The zero-order valence-electron chi connectivity index (χ0n) is 15.4. The molecule has 0 bridgehead atoms. The van der Waals surface area contributed by atoms with Gasteiger partial charge in [-0.1, -0.05) is 11.8 Å². The number of nitrogens with zero attached hydrogens (tertiary/aromatic N) is 5. The third-order valence-electron chi connectivity index (χ3n) is 4.18. The van der Waals surface area contributed by atoms with Crippen LogP contribution in [0.3, 0.4) is 0 Å². The standard InChI is InChI=1S/C17H20FN7OS/c1-9-14(10(2)24(4)23-9)20-16(26)11(3)27-17-22-21-15(25(17)19)12-5-7-13(18)8-6-12/h5-8,11H,19H2,1-4H3,(H,20,26)/t11-/m1/s1. The van der Waals surface area contributed by atoms with E-state index in [2.05, 4.69) is 20.6 Å². The maximum atomic E-state index is 13.1. The molecule has 0 aliphatic carbocycles. The van der Waals surface area contributed by atoms with E-state index in [0.717, 1.165) is 11.4 Å². The Bertz CT molecular complexity index is 980. The lowest BCUT2D eigenvalue weighted by Crippen LogP contribution is -2.24. The lowest BCUT2D eigenvalue weighted by atomic mass is 10.2. The van der Waals surface area contributed by atoms with Gasteiger partial charge in [0.15, 0.2) is 5.82 Å². The van der Waals surface area contributed by atoms with Crippen LogP contribution in [0.25, 0.3) is 11.4 Å². The first-order valence-electron chi connectivity index (χ1n) is 8.22. The number of aryl methyl sites for hydroxylation is 2. The van der Waals surface area contributed by atoms with Crippen molar-refractivity contribution < 1.29 is 9.18 Å². The Morgan fingerprint density at radius 2 is 1.93 bits per heavy atom. The molecule has 0 aliphatic heterocycles.